The predicted octanol–water partition coefficient (Wildman–Crippen LogP) is 3.16. The lowest BCUT2D eigenvalue weighted by molar-refractivity contribution is -0.154. The molecule has 90 valence electrons. The van der Waals surface area contributed by atoms with Gasteiger partial charge in [-0.15, -0.1) is 11.8 Å². The highest BCUT2D eigenvalue weighted by Gasteiger charge is 2.47. The minimum atomic E-state index is -0.324. The summed E-state index contributed by atoms with van der Waals surface area (Å²) in [4.78, 5) is 11.9. The van der Waals surface area contributed by atoms with Gasteiger partial charge in [0.05, 0.1) is 12.5 Å². The molecule has 0 spiro atoms. The number of esters is 1. The molecule has 0 N–H and O–H groups in total. The zero-order valence-corrected chi connectivity index (χ0v) is 10.6. The Bertz CT molecular complexity index is 298. The third-order valence-electron chi connectivity index (χ3n) is 3.70. The first-order valence-corrected chi connectivity index (χ1v) is 6.21. The molecule has 2 atom stereocenters. The van der Waals surface area contributed by atoms with Crippen LogP contribution in [0.5, 0.6) is 0 Å². The van der Waals surface area contributed by atoms with E-state index in [0.29, 0.717) is 12.3 Å². The van der Waals surface area contributed by atoms with Crippen LogP contribution in [0.2, 0.25) is 0 Å². The molecule has 0 amide bonds. The Morgan fingerprint density at radius 3 is 2.75 bits per heavy atom. The summed E-state index contributed by atoms with van der Waals surface area (Å²) >= 11 is 0. The fourth-order valence-corrected chi connectivity index (χ4v) is 2.52. The van der Waals surface area contributed by atoms with E-state index in [1.165, 1.54) is 7.11 Å². The number of hydrogen-bond acceptors (Lipinski definition) is 2. The molecule has 0 aromatic rings. The second kappa shape index (κ2) is 5.94. The number of unbranched alkanes of at least 4 members (excludes halogenated alkanes) is 1. The lowest BCUT2D eigenvalue weighted by atomic mass is 9.76. The minimum absolute atomic E-state index is 0.0664. The Labute approximate surface area is 98.8 Å². The fourth-order valence-electron chi connectivity index (χ4n) is 2.52. The molecule has 2 nitrogen and oxygen atoms in total. The van der Waals surface area contributed by atoms with Gasteiger partial charge in [-0.2, -0.15) is 0 Å². The van der Waals surface area contributed by atoms with Gasteiger partial charge in [0, 0.05) is 12.8 Å². The molecule has 1 aliphatic rings. The molecular weight excluding hydrogens is 200 g/mol. The highest BCUT2D eigenvalue weighted by molar-refractivity contribution is 5.78. The fraction of sp³-hybridized carbons (Fsp3) is 0.786. The molecule has 2 heteroatoms. The number of rotatable bonds is 3. The first-order valence-electron chi connectivity index (χ1n) is 6.21. The van der Waals surface area contributed by atoms with Crippen LogP contribution < -0.4 is 0 Å². The van der Waals surface area contributed by atoms with Crippen LogP contribution in [-0.2, 0) is 9.53 Å². The Kier molecular flexibility index (Phi) is 4.86. The minimum Gasteiger partial charge on any atom is -0.469 e. The van der Waals surface area contributed by atoms with Gasteiger partial charge in [0.1, 0.15) is 0 Å². The Hall–Kier alpha value is -0.970. The lowest BCUT2D eigenvalue weighted by Crippen LogP contribution is -2.34. The molecule has 0 radical (unpaired) electrons. The molecular formula is C14H22O2. The highest BCUT2D eigenvalue weighted by Crippen LogP contribution is 2.46. The monoisotopic (exact) mass is 222 g/mol. The van der Waals surface area contributed by atoms with Gasteiger partial charge in [-0.05, 0) is 25.2 Å². The molecule has 0 unspecified atom stereocenters. The van der Waals surface area contributed by atoms with Crippen molar-refractivity contribution in [3.8, 4) is 11.8 Å². The van der Waals surface area contributed by atoms with Gasteiger partial charge in [0.25, 0.3) is 0 Å². The maximum atomic E-state index is 11.9. The summed E-state index contributed by atoms with van der Waals surface area (Å²) in [5, 5.41) is 0. The van der Waals surface area contributed by atoms with Crippen LogP contribution in [0.1, 0.15) is 52.4 Å². The van der Waals surface area contributed by atoms with Crippen molar-refractivity contribution in [1.29, 1.82) is 0 Å². The Morgan fingerprint density at radius 2 is 2.25 bits per heavy atom. The summed E-state index contributed by atoms with van der Waals surface area (Å²) in [5.74, 6) is 6.62. The molecule has 0 aromatic heterocycles. The van der Waals surface area contributed by atoms with Crippen LogP contribution in [0.15, 0.2) is 0 Å². The van der Waals surface area contributed by atoms with E-state index in [1.54, 1.807) is 0 Å². The van der Waals surface area contributed by atoms with Crippen LogP contribution in [0.4, 0.5) is 0 Å². The first-order chi connectivity index (χ1) is 7.67. The zero-order valence-electron chi connectivity index (χ0n) is 10.6. The van der Waals surface area contributed by atoms with E-state index in [0.717, 1.165) is 32.1 Å². The molecule has 0 aromatic carbocycles. The van der Waals surface area contributed by atoms with Crippen molar-refractivity contribution in [3.05, 3.63) is 0 Å². The third kappa shape index (κ3) is 2.58. The van der Waals surface area contributed by atoms with Crippen LogP contribution >= 0.6 is 0 Å². The molecule has 0 saturated heterocycles. The summed E-state index contributed by atoms with van der Waals surface area (Å²) < 4.78 is 4.96. The third-order valence-corrected chi connectivity index (χ3v) is 3.70. The second-order valence-electron chi connectivity index (χ2n) is 4.72. The van der Waals surface area contributed by atoms with Gasteiger partial charge >= 0.3 is 5.97 Å². The zero-order chi connectivity index (χ0) is 12.0. The van der Waals surface area contributed by atoms with Gasteiger partial charge in [0.2, 0.25) is 0 Å². The van der Waals surface area contributed by atoms with Crippen LogP contribution in [0, 0.1) is 23.2 Å². The van der Waals surface area contributed by atoms with E-state index in [2.05, 4.69) is 25.7 Å². The Morgan fingerprint density at radius 1 is 1.50 bits per heavy atom. The van der Waals surface area contributed by atoms with Gasteiger partial charge in [0.15, 0.2) is 0 Å². The van der Waals surface area contributed by atoms with Crippen LogP contribution in [0.3, 0.4) is 0 Å². The summed E-state index contributed by atoms with van der Waals surface area (Å²) in [6, 6.07) is 0. The summed E-state index contributed by atoms with van der Waals surface area (Å²) in [7, 11) is 1.48. The number of carbonyl (C=O) groups is 1. The van der Waals surface area contributed by atoms with Crippen molar-refractivity contribution in [2.45, 2.75) is 52.4 Å². The number of hydrogen-bond donors (Lipinski definition) is 0. The Balaban J connectivity index is 2.73. The average Bonchev–Trinajstić information content (AvgIpc) is 2.66. The van der Waals surface area contributed by atoms with E-state index in [-0.39, 0.29) is 11.4 Å². The molecule has 0 heterocycles. The largest absolute Gasteiger partial charge is 0.469 e. The van der Waals surface area contributed by atoms with Crippen molar-refractivity contribution in [2.24, 2.45) is 11.3 Å². The number of carbonyl (C=O) groups excluding carboxylic acids is 1. The van der Waals surface area contributed by atoms with Crippen molar-refractivity contribution in [1.82, 2.24) is 0 Å². The normalized spacial score (nSPS) is 28.3. The summed E-state index contributed by atoms with van der Waals surface area (Å²) in [5.41, 5.74) is -0.324. The molecule has 0 aliphatic heterocycles. The molecule has 0 bridgehead atoms. The van der Waals surface area contributed by atoms with E-state index in [9.17, 15) is 4.79 Å². The summed E-state index contributed by atoms with van der Waals surface area (Å²) in [6.07, 6.45) is 5.83. The second-order valence-corrected chi connectivity index (χ2v) is 4.72. The van der Waals surface area contributed by atoms with Gasteiger partial charge < -0.3 is 4.74 Å². The molecule has 1 aliphatic carbocycles. The van der Waals surface area contributed by atoms with Crippen LogP contribution in [0.25, 0.3) is 0 Å². The number of methoxy groups -OCH3 is 1. The maximum Gasteiger partial charge on any atom is 0.313 e. The SMILES string of the molecule is CCCC#CC[C@@]1(C(=O)OC)CCC[C@@H]1C. The van der Waals surface area contributed by atoms with Crippen LogP contribution in [-0.4, -0.2) is 13.1 Å². The summed E-state index contributed by atoms with van der Waals surface area (Å²) in [6.45, 7) is 4.26. The van der Waals surface area contributed by atoms with Gasteiger partial charge in [-0.3, -0.25) is 4.79 Å². The standard InChI is InChI=1S/C14H22O2/c1-4-5-6-7-10-14(13(15)16-3)11-8-9-12(14)2/h12H,4-5,8-11H2,1-3H3/t12-,14+/m0/s1. The van der Waals surface area contributed by atoms with Crippen molar-refractivity contribution in [3.63, 3.8) is 0 Å². The predicted molar refractivity (Wildman–Crippen MR) is 64.8 cm³/mol. The van der Waals surface area contributed by atoms with E-state index in [4.69, 9.17) is 4.74 Å². The van der Waals surface area contributed by atoms with Crippen molar-refractivity contribution >= 4 is 5.97 Å². The van der Waals surface area contributed by atoms with E-state index in [1.807, 2.05) is 0 Å². The smallest absolute Gasteiger partial charge is 0.313 e. The van der Waals surface area contributed by atoms with Gasteiger partial charge in [-0.1, -0.05) is 20.3 Å². The molecule has 1 fully saturated rings. The van der Waals surface area contributed by atoms with Gasteiger partial charge in [-0.25, -0.2) is 0 Å². The molecule has 16 heavy (non-hydrogen) atoms. The highest BCUT2D eigenvalue weighted by atomic mass is 16.5. The quantitative estimate of drug-likeness (QED) is 0.541. The first kappa shape index (κ1) is 13.1. The van der Waals surface area contributed by atoms with E-state index < -0.39 is 0 Å². The van der Waals surface area contributed by atoms with E-state index >= 15 is 0 Å². The topological polar surface area (TPSA) is 26.3 Å². The lowest BCUT2D eigenvalue weighted by Gasteiger charge is -2.28. The maximum absolute atomic E-state index is 11.9. The average molecular weight is 222 g/mol. The molecule has 1 saturated carbocycles. The number of ether oxygens (including phenoxy) is 1. The molecule has 1 rings (SSSR count). The van der Waals surface area contributed by atoms with Crippen molar-refractivity contribution < 1.29 is 9.53 Å². The van der Waals surface area contributed by atoms with Crippen molar-refractivity contribution in [2.75, 3.05) is 7.11 Å².